The van der Waals surface area contributed by atoms with Crippen LogP contribution in [0.15, 0.2) is 17.5 Å². The molecule has 1 aromatic heterocycles. The normalized spacial score (nSPS) is 18.9. The molecule has 0 aromatic carbocycles. The Morgan fingerprint density at radius 1 is 1.56 bits per heavy atom. The fourth-order valence-corrected chi connectivity index (χ4v) is 3.05. The van der Waals surface area contributed by atoms with Crippen molar-refractivity contribution in [3.8, 4) is 0 Å². The van der Waals surface area contributed by atoms with Gasteiger partial charge < -0.3 is 10.0 Å². The molecule has 0 spiro atoms. The molecule has 100 valence electrons. The van der Waals surface area contributed by atoms with Crippen LogP contribution in [-0.4, -0.2) is 29.0 Å². The van der Waals surface area contributed by atoms with Gasteiger partial charge in [-0.3, -0.25) is 4.79 Å². The average Bonchev–Trinajstić information content (AvgIpc) is 2.90. The monoisotopic (exact) mass is 267 g/mol. The number of carbonyl (C=O) groups excluding carboxylic acids is 1. The summed E-state index contributed by atoms with van der Waals surface area (Å²) in [5, 5.41) is 11.9. The first-order valence-corrected chi connectivity index (χ1v) is 7.54. The molecule has 1 saturated heterocycles. The summed E-state index contributed by atoms with van der Waals surface area (Å²) < 4.78 is 0. The van der Waals surface area contributed by atoms with Crippen LogP contribution in [0.4, 0.5) is 0 Å². The zero-order valence-corrected chi connectivity index (χ0v) is 11.7. The number of thiophene rings is 1. The summed E-state index contributed by atoms with van der Waals surface area (Å²) in [4.78, 5) is 14.9. The van der Waals surface area contributed by atoms with Crippen LogP contribution in [0, 0.1) is 5.92 Å². The maximum absolute atomic E-state index is 12.0. The number of aliphatic hydroxyl groups excluding tert-OH is 1. The smallest absolute Gasteiger partial charge is 0.222 e. The highest BCUT2D eigenvalue weighted by Crippen LogP contribution is 2.24. The highest BCUT2D eigenvalue weighted by Gasteiger charge is 2.21. The van der Waals surface area contributed by atoms with Gasteiger partial charge in [-0.25, -0.2) is 0 Å². The quantitative estimate of drug-likeness (QED) is 0.911. The standard InChI is InChI=1S/C14H21NO2S/c1-11-6-8-15(9-7-11)14(17)5-4-12(16)13-3-2-10-18-13/h2-3,10-12,16H,4-9H2,1H3. The highest BCUT2D eigenvalue weighted by molar-refractivity contribution is 7.10. The van der Waals surface area contributed by atoms with Crippen molar-refractivity contribution in [2.45, 2.75) is 38.7 Å². The van der Waals surface area contributed by atoms with Gasteiger partial charge in [0, 0.05) is 24.4 Å². The van der Waals surface area contributed by atoms with Gasteiger partial charge in [0.05, 0.1) is 6.10 Å². The molecule has 4 heteroatoms. The van der Waals surface area contributed by atoms with Gasteiger partial charge in [0.25, 0.3) is 0 Å². The lowest BCUT2D eigenvalue weighted by molar-refractivity contribution is -0.133. The molecule has 18 heavy (non-hydrogen) atoms. The minimum Gasteiger partial charge on any atom is -0.388 e. The Hall–Kier alpha value is -0.870. The van der Waals surface area contributed by atoms with Crippen LogP contribution in [-0.2, 0) is 4.79 Å². The number of hydrogen-bond acceptors (Lipinski definition) is 3. The van der Waals surface area contributed by atoms with Gasteiger partial charge in [0.2, 0.25) is 5.91 Å². The molecule has 1 atom stereocenters. The summed E-state index contributed by atoms with van der Waals surface area (Å²) in [5.41, 5.74) is 0. The third-order valence-electron chi connectivity index (χ3n) is 3.64. The molecular formula is C14H21NO2S. The number of hydrogen-bond donors (Lipinski definition) is 1. The molecule has 1 aromatic rings. The molecule has 0 radical (unpaired) electrons. The lowest BCUT2D eigenvalue weighted by Crippen LogP contribution is -2.37. The van der Waals surface area contributed by atoms with Crippen molar-refractivity contribution >= 4 is 17.2 Å². The van der Waals surface area contributed by atoms with Crippen molar-refractivity contribution in [1.29, 1.82) is 0 Å². The molecule has 2 rings (SSSR count). The zero-order chi connectivity index (χ0) is 13.0. The van der Waals surface area contributed by atoms with E-state index in [-0.39, 0.29) is 5.91 Å². The van der Waals surface area contributed by atoms with Crippen molar-refractivity contribution in [1.82, 2.24) is 4.90 Å². The second-order valence-electron chi connectivity index (χ2n) is 5.13. The molecule has 1 N–H and O–H groups in total. The number of aliphatic hydroxyl groups is 1. The Kier molecular flexibility index (Phi) is 4.78. The Morgan fingerprint density at radius 3 is 2.89 bits per heavy atom. The van der Waals surface area contributed by atoms with E-state index in [4.69, 9.17) is 0 Å². The van der Waals surface area contributed by atoms with Gasteiger partial charge in [0.1, 0.15) is 0 Å². The van der Waals surface area contributed by atoms with Gasteiger partial charge >= 0.3 is 0 Å². The lowest BCUT2D eigenvalue weighted by Gasteiger charge is -2.30. The van der Waals surface area contributed by atoms with Gasteiger partial charge in [-0.2, -0.15) is 0 Å². The average molecular weight is 267 g/mol. The van der Waals surface area contributed by atoms with Crippen molar-refractivity contribution in [2.75, 3.05) is 13.1 Å². The number of rotatable bonds is 4. The molecule has 0 saturated carbocycles. The number of piperidine rings is 1. The number of amides is 1. The predicted octanol–water partition coefficient (Wildman–Crippen LogP) is 2.82. The van der Waals surface area contributed by atoms with Gasteiger partial charge in [0.15, 0.2) is 0 Å². The molecule has 0 aliphatic carbocycles. The molecular weight excluding hydrogens is 246 g/mol. The van der Waals surface area contributed by atoms with E-state index in [1.165, 1.54) is 0 Å². The zero-order valence-electron chi connectivity index (χ0n) is 10.8. The van der Waals surface area contributed by atoms with Gasteiger partial charge in [-0.1, -0.05) is 13.0 Å². The summed E-state index contributed by atoms with van der Waals surface area (Å²) in [6, 6.07) is 3.85. The maximum atomic E-state index is 12.0. The minimum atomic E-state index is -0.488. The third kappa shape index (κ3) is 3.56. The summed E-state index contributed by atoms with van der Waals surface area (Å²) in [5.74, 6) is 0.934. The first kappa shape index (κ1) is 13.6. The van der Waals surface area contributed by atoms with Crippen molar-refractivity contribution in [3.63, 3.8) is 0 Å². The fraction of sp³-hybridized carbons (Fsp3) is 0.643. The first-order chi connectivity index (χ1) is 8.66. The SMILES string of the molecule is CC1CCN(C(=O)CCC(O)c2cccs2)CC1. The maximum Gasteiger partial charge on any atom is 0.222 e. The number of nitrogens with zero attached hydrogens (tertiary/aromatic N) is 1. The molecule has 3 nitrogen and oxygen atoms in total. The first-order valence-electron chi connectivity index (χ1n) is 6.66. The van der Waals surface area contributed by atoms with Crippen LogP contribution in [0.3, 0.4) is 0 Å². The highest BCUT2D eigenvalue weighted by atomic mass is 32.1. The molecule has 2 heterocycles. The molecule has 1 aliphatic heterocycles. The van der Waals surface area contributed by atoms with E-state index in [1.807, 2.05) is 22.4 Å². The molecule has 1 unspecified atom stereocenters. The van der Waals surface area contributed by atoms with E-state index in [1.54, 1.807) is 11.3 Å². The van der Waals surface area contributed by atoms with Gasteiger partial charge in [-0.15, -0.1) is 11.3 Å². The Morgan fingerprint density at radius 2 is 2.28 bits per heavy atom. The number of carbonyl (C=O) groups is 1. The molecule has 1 fully saturated rings. The van der Waals surface area contributed by atoms with E-state index < -0.39 is 6.10 Å². The van der Waals surface area contributed by atoms with E-state index >= 15 is 0 Å². The van der Waals surface area contributed by atoms with Gasteiger partial charge in [-0.05, 0) is 36.6 Å². The van der Waals surface area contributed by atoms with E-state index in [2.05, 4.69) is 6.92 Å². The summed E-state index contributed by atoms with van der Waals surface area (Å²) in [6.07, 6.45) is 2.72. The second-order valence-corrected chi connectivity index (χ2v) is 6.11. The molecule has 1 aliphatic rings. The lowest BCUT2D eigenvalue weighted by atomic mass is 9.99. The number of likely N-dealkylation sites (tertiary alicyclic amines) is 1. The van der Waals surface area contributed by atoms with Crippen molar-refractivity contribution in [2.24, 2.45) is 5.92 Å². The Balaban J connectivity index is 1.75. The van der Waals surface area contributed by atoms with Crippen LogP contribution in [0.25, 0.3) is 0 Å². The third-order valence-corrected chi connectivity index (χ3v) is 4.61. The second kappa shape index (κ2) is 6.34. The van der Waals surface area contributed by atoms with Crippen LogP contribution in [0.2, 0.25) is 0 Å². The Bertz CT molecular complexity index is 369. The largest absolute Gasteiger partial charge is 0.388 e. The van der Waals surface area contributed by atoms with Crippen LogP contribution in [0.5, 0.6) is 0 Å². The van der Waals surface area contributed by atoms with Crippen LogP contribution in [0.1, 0.15) is 43.6 Å². The minimum absolute atomic E-state index is 0.192. The topological polar surface area (TPSA) is 40.5 Å². The summed E-state index contributed by atoms with van der Waals surface area (Å²) in [6.45, 7) is 4.01. The van der Waals surface area contributed by atoms with Crippen molar-refractivity contribution < 1.29 is 9.90 Å². The fourth-order valence-electron chi connectivity index (χ4n) is 2.30. The summed E-state index contributed by atoms with van der Waals surface area (Å²) in [7, 11) is 0. The van der Waals surface area contributed by atoms with E-state index in [0.717, 1.165) is 36.7 Å². The molecule has 1 amide bonds. The van der Waals surface area contributed by atoms with Crippen LogP contribution >= 0.6 is 11.3 Å². The van der Waals surface area contributed by atoms with E-state index in [9.17, 15) is 9.90 Å². The van der Waals surface area contributed by atoms with Crippen molar-refractivity contribution in [3.05, 3.63) is 22.4 Å². The van der Waals surface area contributed by atoms with Crippen LogP contribution < -0.4 is 0 Å². The Labute approximate surface area is 112 Å². The molecule has 0 bridgehead atoms. The summed E-state index contributed by atoms with van der Waals surface area (Å²) >= 11 is 1.54. The van der Waals surface area contributed by atoms with E-state index in [0.29, 0.717) is 12.8 Å². The predicted molar refractivity (Wildman–Crippen MR) is 73.5 cm³/mol.